The van der Waals surface area contributed by atoms with Gasteiger partial charge >= 0.3 is 0 Å². The predicted octanol–water partition coefficient (Wildman–Crippen LogP) is 2.04. The van der Waals surface area contributed by atoms with E-state index in [0.29, 0.717) is 9.92 Å². The molecule has 2 nitrogen and oxygen atoms in total. The van der Waals surface area contributed by atoms with Crippen LogP contribution in [0.15, 0.2) is 29.2 Å². The molecule has 1 unspecified atom stereocenters. The van der Waals surface area contributed by atoms with Crippen LogP contribution >= 0.6 is 11.6 Å². The number of Topliss-reactive ketones (excluding diaryl/α,β-unsaturated/α-hetero) is 1. The third-order valence-corrected chi connectivity index (χ3v) is 3.08. The molecule has 70 valence electrons. The number of hydrogen-bond acceptors (Lipinski definition) is 2. The molecule has 0 bridgehead atoms. The van der Waals surface area contributed by atoms with Gasteiger partial charge in [0.25, 0.3) is 0 Å². The van der Waals surface area contributed by atoms with Crippen LogP contribution in [0.25, 0.3) is 0 Å². The Labute approximate surface area is 84.4 Å². The number of halogens is 1. The Hall–Kier alpha value is -0.670. The van der Waals surface area contributed by atoms with Crippen molar-refractivity contribution in [2.24, 2.45) is 0 Å². The predicted molar refractivity (Wildman–Crippen MR) is 53.4 cm³/mol. The first-order valence-electron chi connectivity index (χ1n) is 3.73. The average molecular weight is 217 g/mol. The van der Waals surface area contributed by atoms with Gasteiger partial charge in [0.1, 0.15) is 5.78 Å². The minimum atomic E-state index is -1.26. The zero-order valence-electron chi connectivity index (χ0n) is 7.12. The largest absolute Gasteiger partial charge is 0.299 e. The molecule has 1 aromatic carbocycles. The standard InChI is InChI=1S/C9H9ClO2S/c1-7(11)6-13(12)9-4-2-3-8(10)5-9/h2-5H,6H2,1H3. The molecule has 13 heavy (non-hydrogen) atoms. The maximum atomic E-state index is 11.4. The van der Waals surface area contributed by atoms with Gasteiger partial charge in [0.05, 0.1) is 16.6 Å². The van der Waals surface area contributed by atoms with Crippen molar-refractivity contribution in [3.63, 3.8) is 0 Å². The summed E-state index contributed by atoms with van der Waals surface area (Å²) in [6.45, 7) is 1.42. The average Bonchev–Trinajstić information content (AvgIpc) is 2.03. The SMILES string of the molecule is CC(=O)CS(=O)c1cccc(Cl)c1. The van der Waals surface area contributed by atoms with Crippen LogP contribution in [0.5, 0.6) is 0 Å². The maximum Gasteiger partial charge on any atom is 0.142 e. The van der Waals surface area contributed by atoms with Crippen molar-refractivity contribution in [2.45, 2.75) is 11.8 Å². The summed E-state index contributed by atoms with van der Waals surface area (Å²) in [4.78, 5) is 11.3. The first kappa shape index (κ1) is 10.4. The Kier molecular flexibility index (Phi) is 3.63. The first-order valence-corrected chi connectivity index (χ1v) is 5.42. The summed E-state index contributed by atoms with van der Waals surface area (Å²) in [6, 6.07) is 6.73. The maximum absolute atomic E-state index is 11.4. The molecule has 0 aliphatic heterocycles. The fourth-order valence-corrected chi connectivity index (χ4v) is 2.16. The molecule has 1 atom stereocenters. The Balaban J connectivity index is 2.83. The van der Waals surface area contributed by atoms with Crippen LogP contribution in [0, 0.1) is 0 Å². The van der Waals surface area contributed by atoms with Crippen molar-refractivity contribution in [2.75, 3.05) is 5.75 Å². The van der Waals surface area contributed by atoms with Crippen LogP contribution in [0.3, 0.4) is 0 Å². The quantitative estimate of drug-likeness (QED) is 0.775. The molecular formula is C9H9ClO2S. The zero-order valence-corrected chi connectivity index (χ0v) is 8.69. The van der Waals surface area contributed by atoms with Crippen LogP contribution in [0.4, 0.5) is 0 Å². The highest BCUT2D eigenvalue weighted by atomic mass is 35.5. The molecule has 0 aliphatic rings. The second kappa shape index (κ2) is 4.53. The van der Waals surface area contributed by atoms with Gasteiger partial charge in [-0.3, -0.25) is 9.00 Å². The number of rotatable bonds is 3. The molecule has 0 fully saturated rings. The molecule has 0 heterocycles. The van der Waals surface area contributed by atoms with Gasteiger partial charge in [0.2, 0.25) is 0 Å². The second-order valence-corrected chi connectivity index (χ2v) is 4.54. The Morgan fingerprint density at radius 1 is 1.54 bits per heavy atom. The molecule has 4 heteroatoms. The Bertz CT molecular complexity index is 349. The van der Waals surface area contributed by atoms with E-state index in [9.17, 15) is 9.00 Å². The summed E-state index contributed by atoms with van der Waals surface area (Å²) < 4.78 is 11.4. The van der Waals surface area contributed by atoms with E-state index in [1.807, 2.05) is 0 Å². The number of carbonyl (C=O) groups is 1. The second-order valence-electron chi connectivity index (χ2n) is 2.65. The molecular weight excluding hydrogens is 208 g/mol. The highest BCUT2D eigenvalue weighted by Gasteiger charge is 2.06. The van der Waals surface area contributed by atoms with E-state index in [0.717, 1.165) is 0 Å². The van der Waals surface area contributed by atoms with E-state index in [2.05, 4.69) is 0 Å². The fourth-order valence-electron chi connectivity index (χ4n) is 0.877. The van der Waals surface area contributed by atoms with Gasteiger partial charge in [0, 0.05) is 9.92 Å². The smallest absolute Gasteiger partial charge is 0.142 e. The summed E-state index contributed by atoms with van der Waals surface area (Å²) >= 11 is 5.71. The third-order valence-electron chi connectivity index (χ3n) is 1.39. The number of hydrogen-bond donors (Lipinski definition) is 0. The molecule has 0 N–H and O–H groups in total. The Morgan fingerprint density at radius 2 is 2.23 bits per heavy atom. The van der Waals surface area contributed by atoms with Crippen molar-refractivity contribution < 1.29 is 9.00 Å². The minimum absolute atomic E-state index is 0.0559. The summed E-state index contributed by atoms with van der Waals surface area (Å²) in [7, 11) is -1.26. The first-order chi connectivity index (χ1) is 6.09. The van der Waals surface area contributed by atoms with Gasteiger partial charge in [0.15, 0.2) is 0 Å². The number of carbonyl (C=O) groups excluding carboxylic acids is 1. The van der Waals surface area contributed by atoms with Crippen LogP contribution in [0.2, 0.25) is 5.02 Å². The monoisotopic (exact) mass is 216 g/mol. The van der Waals surface area contributed by atoms with Crippen molar-refractivity contribution in [3.8, 4) is 0 Å². The van der Waals surface area contributed by atoms with Crippen molar-refractivity contribution in [1.29, 1.82) is 0 Å². The normalized spacial score (nSPS) is 12.5. The lowest BCUT2D eigenvalue weighted by Gasteiger charge is -1.99. The minimum Gasteiger partial charge on any atom is -0.299 e. The molecule has 0 spiro atoms. The van der Waals surface area contributed by atoms with Crippen LogP contribution < -0.4 is 0 Å². The van der Waals surface area contributed by atoms with Gasteiger partial charge in [-0.05, 0) is 25.1 Å². The van der Waals surface area contributed by atoms with E-state index < -0.39 is 10.8 Å². The molecule has 1 rings (SSSR count). The van der Waals surface area contributed by atoms with Crippen molar-refractivity contribution in [3.05, 3.63) is 29.3 Å². The highest BCUT2D eigenvalue weighted by molar-refractivity contribution is 7.85. The summed E-state index contributed by atoms with van der Waals surface area (Å²) in [5.74, 6) is -0.0290. The summed E-state index contributed by atoms with van der Waals surface area (Å²) in [5, 5.41) is 0.536. The van der Waals surface area contributed by atoms with E-state index >= 15 is 0 Å². The van der Waals surface area contributed by atoms with Crippen LogP contribution in [0.1, 0.15) is 6.92 Å². The molecule has 0 amide bonds. The van der Waals surface area contributed by atoms with Gasteiger partial charge in [-0.15, -0.1) is 0 Å². The van der Waals surface area contributed by atoms with E-state index in [1.165, 1.54) is 6.92 Å². The molecule has 1 aromatic rings. The zero-order chi connectivity index (χ0) is 9.84. The van der Waals surface area contributed by atoms with Crippen molar-refractivity contribution >= 4 is 28.2 Å². The van der Waals surface area contributed by atoms with Gasteiger partial charge in [-0.25, -0.2) is 0 Å². The molecule has 0 aliphatic carbocycles. The fraction of sp³-hybridized carbons (Fsp3) is 0.222. The molecule has 0 saturated heterocycles. The van der Waals surface area contributed by atoms with E-state index in [-0.39, 0.29) is 11.5 Å². The van der Waals surface area contributed by atoms with E-state index in [1.54, 1.807) is 24.3 Å². The molecule has 0 radical (unpaired) electrons. The summed E-state index contributed by atoms with van der Waals surface area (Å²) in [6.07, 6.45) is 0. The van der Waals surface area contributed by atoms with Gasteiger partial charge in [-0.1, -0.05) is 17.7 Å². The van der Waals surface area contributed by atoms with Gasteiger partial charge in [-0.2, -0.15) is 0 Å². The molecule has 0 saturated carbocycles. The topological polar surface area (TPSA) is 34.1 Å². The lowest BCUT2D eigenvalue weighted by Crippen LogP contribution is -2.06. The number of ketones is 1. The summed E-state index contributed by atoms with van der Waals surface area (Å²) in [5.41, 5.74) is 0. The number of benzene rings is 1. The van der Waals surface area contributed by atoms with Crippen LogP contribution in [-0.2, 0) is 15.6 Å². The Morgan fingerprint density at radius 3 is 2.77 bits per heavy atom. The third kappa shape index (κ3) is 3.28. The van der Waals surface area contributed by atoms with Crippen LogP contribution in [-0.4, -0.2) is 15.7 Å². The lowest BCUT2D eigenvalue weighted by atomic mass is 10.4. The lowest BCUT2D eigenvalue weighted by molar-refractivity contribution is -0.114. The highest BCUT2D eigenvalue weighted by Crippen LogP contribution is 2.13. The van der Waals surface area contributed by atoms with Gasteiger partial charge < -0.3 is 0 Å². The van der Waals surface area contributed by atoms with Crippen molar-refractivity contribution in [1.82, 2.24) is 0 Å². The van der Waals surface area contributed by atoms with E-state index in [4.69, 9.17) is 11.6 Å². The molecule has 0 aromatic heterocycles.